The zero-order valence-electron chi connectivity index (χ0n) is 16.4. The number of nitrogens with zero attached hydrogens (tertiary/aromatic N) is 2. The van der Waals surface area contributed by atoms with Crippen molar-refractivity contribution < 1.29 is 14.5 Å². The molecule has 0 aliphatic carbocycles. The number of quaternary nitrogens is 1. The normalized spacial score (nSPS) is 17.6. The summed E-state index contributed by atoms with van der Waals surface area (Å²) in [5.41, 5.74) is 2.00. The number of amides is 2. The molecule has 3 rings (SSSR count). The number of thioether (sulfide) groups is 1. The molecule has 2 aliphatic heterocycles. The van der Waals surface area contributed by atoms with Crippen LogP contribution in [-0.4, -0.2) is 77.5 Å². The highest BCUT2D eigenvalue weighted by molar-refractivity contribution is 8.23. The number of benzene rings is 1. The molecular weight excluding hydrogens is 392 g/mol. The molecule has 152 valence electrons. The molecule has 2 aliphatic rings. The molecule has 8 heteroatoms. The third kappa shape index (κ3) is 6.18. The van der Waals surface area contributed by atoms with Crippen molar-refractivity contribution >= 4 is 45.8 Å². The van der Waals surface area contributed by atoms with Gasteiger partial charge >= 0.3 is 0 Å². The lowest BCUT2D eigenvalue weighted by Gasteiger charge is -2.32. The van der Waals surface area contributed by atoms with Crippen LogP contribution in [0.1, 0.15) is 18.4 Å². The van der Waals surface area contributed by atoms with E-state index in [2.05, 4.69) is 10.2 Å². The fourth-order valence-electron chi connectivity index (χ4n) is 3.52. The molecule has 0 saturated carbocycles. The van der Waals surface area contributed by atoms with E-state index >= 15 is 0 Å². The molecule has 1 aromatic carbocycles. The van der Waals surface area contributed by atoms with Crippen LogP contribution < -0.4 is 10.2 Å². The first-order chi connectivity index (χ1) is 13.5. The Balaban J connectivity index is 1.35. The lowest BCUT2D eigenvalue weighted by Crippen LogP contribution is -3.15. The molecule has 0 bridgehead atoms. The van der Waals surface area contributed by atoms with Crippen molar-refractivity contribution in [3.8, 4) is 0 Å². The first-order valence-corrected chi connectivity index (χ1v) is 11.3. The number of hydrogen-bond donors (Lipinski definition) is 2. The minimum Gasteiger partial charge on any atom is -0.358 e. The average molecular weight is 422 g/mol. The van der Waals surface area contributed by atoms with Crippen LogP contribution in [0.25, 0.3) is 0 Å². The minimum atomic E-state index is 0.0187. The maximum Gasteiger partial charge on any atom is 0.279 e. The second-order valence-corrected chi connectivity index (χ2v) is 9.08. The maximum absolute atomic E-state index is 12.5. The van der Waals surface area contributed by atoms with Crippen molar-refractivity contribution in [2.45, 2.75) is 19.8 Å². The van der Waals surface area contributed by atoms with Crippen LogP contribution in [0.3, 0.4) is 0 Å². The zero-order valence-corrected chi connectivity index (χ0v) is 18.0. The summed E-state index contributed by atoms with van der Waals surface area (Å²) in [4.78, 5) is 30.0. The Hall–Kier alpha value is -1.64. The van der Waals surface area contributed by atoms with E-state index in [0.717, 1.165) is 36.2 Å². The Kier molecular flexibility index (Phi) is 7.70. The molecule has 0 atom stereocenters. The number of hydrogen-bond acceptors (Lipinski definition) is 4. The number of carbonyl (C=O) groups excluding carboxylic acids is 2. The largest absolute Gasteiger partial charge is 0.358 e. The Morgan fingerprint density at radius 1 is 1.07 bits per heavy atom. The van der Waals surface area contributed by atoms with Gasteiger partial charge in [0.25, 0.3) is 5.91 Å². The number of anilines is 1. The topological polar surface area (TPSA) is 57.1 Å². The highest BCUT2D eigenvalue weighted by Crippen LogP contribution is 2.16. The van der Waals surface area contributed by atoms with E-state index in [-0.39, 0.29) is 11.8 Å². The quantitative estimate of drug-likeness (QED) is 0.688. The maximum atomic E-state index is 12.5. The summed E-state index contributed by atoms with van der Waals surface area (Å²) in [5, 5.41) is 2.95. The first kappa shape index (κ1) is 21.1. The predicted octanol–water partition coefficient (Wildman–Crippen LogP) is 0.775. The molecule has 0 radical (unpaired) electrons. The number of thiocarbonyl (C=S) groups is 1. The smallest absolute Gasteiger partial charge is 0.279 e. The summed E-state index contributed by atoms with van der Waals surface area (Å²) in [5.74, 6) is 0.582. The first-order valence-electron chi connectivity index (χ1n) is 9.91. The van der Waals surface area contributed by atoms with Gasteiger partial charge in [0.1, 0.15) is 4.32 Å². The van der Waals surface area contributed by atoms with Crippen LogP contribution in [-0.2, 0) is 9.59 Å². The lowest BCUT2D eigenvalue weighted by atomic mass is 10.2. The summed E-state index contributed by atoms with van der Waals surface area (Å²) in [6.45, 7) is 7.49. The van der Waals surface area contributed by atoms with Crippen molar-refractivity contribution in [3.63, 3.8) is 0 Å². The highest BCUT2D eigenvalue weighted by Gasteiger charge is 2.26. The van der Waals surface area contributed by atoms with Crippen molar-refractivity contribution in [2.75, 3.05) is 56.9 Å². The van der Waals surface area contributed by atoms with E-state index in [1.165, 1.54) is 35.1 Å². The van der Waals surface area contributed by atoms with Gasteiger partial charge < -0.3 is 20.0 Å². The van der Waals surface area contributed by atoms with Crippen LogP contribution in [0.4, 0.5) is 5.69 Å². The van der Waals surface area contributed by atoms with Crippen LogP contribution in [0.5, 0.6) is 0 Å². The van der Waals surface area contributed by atoms with Gasteiger partial charge in [0.05, 0.1) is 31.9 Å². The van der Waals surface area contributed by atoms with E-state index in [1.54, 1.807) is 0 Å². The molecule has 6 nitrogen and oxygen atoms in total. The van der Waals surface area contributed by atoms with Crippen LogP contribution in [0.2, 0.25) is 0 Å². The average Bonchev–Trinajstić information content (AvgIpc) is 3.23. The van der Waals surface area contributed by atoms with Gasteiger partial charge in [0, 0.05) is 18.8 Å². The van der Waals surface area contributed by atoms with E-state index in [4.69, 9.17) is 12.2 Å². The van der Waals surface area contributed by atoms with E-state index in [1.807, 2.05) is 36.1 Å². The second kappa shape index (κ2) is 10.2. The van der Waals surface area contributed by atoms with Gasteiger partial charge in [-0.05, 0) is 31.9 Å². The second-order valence-electron chi connectivity index (χ2n) is 7.47. The van der Waals surface area contributed by atoms with Gasteiger partial charge in [0.15, 0.2) is 6.54 Å². The summed E-state index contributed by atoms with van der Waals surface area (Å²) in [6, 6.07) is 7.81. The minimum absolute atomic E-state index is 0.0187. The van der Waals surface area contributed by atoms with Gasteiger partial charge in [-0.1, -0.05) is 41.7 Å². The number of rotatable bonds is 5. The molecule has 1 aromatic rings. The Bertz CT molecular complexity index is 697. The Morgan fingerprint density at radius 2 is 1.71 bits per heavy atom. The van der Waals surface area contributed by atoms with E-state index < -0.39 is 0 Å². The molecule has 28 heavy (non-hydrogen) atoms. The van der Waals surface area contributed by atoms with Crippen LogP contribution in [0, 0.1) is 6.92 Å². The molecular formula is C20H29N4O2S2+. The molecule has 2 fully saturated rings. The SMILES string of the molecule is Cc1ccc(NC(=O)C[NH+]2CCN(C(=O)CSC(=S)N3CCCC3)CC2)cc1. The summed E-state index contributed by atoms with van der Waals surface area (Å²) >= 11 is 6.91. The molecule has 0 aromatic heterocycles. The summed E-state index contributed by atoms with van der Waals surface area (Å²) in [6.07, 6.45) is 2.38. The third-order valence-electron chi connectivity index (χ3n) is 5.25. The van der Waals surface area contributed by atoms with Crippen molar-refractivity contribution in [1.29, 1.82) is 0 Å². The number of aryl methyl sites for hydroxylation is 1. The monoisotopic (exact) mass is 421 g/mol. The molecule has 2 N–H and O–H groups in total. The molecule has 2 heterocycles. The standard InChI is InChI=1S/C20H28N4O2S2/c1-16-4-6-17(7-5-16)21-18(25)14-22-10-12-23(13-11-22)19(26)15-28-20(27)24-8-2-3-9-24/h4-7H,2-3,8-15H2,1H3,(H,21,25)/p+1. The summed E-state index contributed by atoms with van der Waals surface area (Å²) in [7, 11) is 0. The highest BCUT2D eigenvalue weighted by atomic mass is 32.2. The Morgan fingerprint density at radius 3 is 2.36 bits per heavy atom. The fourth-order valence-corrected chi connectivity index (χ4v) is 4.68. The van der Waals surface area contributed by atoms with Gasteiger partial charge in [-0.25, -0.2) is 0 Å². The molecule has 0 unspecified atom stereocenters. The van der Waals surface area contributed by atoms with Gasteiger partial charge in [-0.3, -0.25) is 9.59 Å². The molecule has 2 amide bonds. The van der Waals surface area contributed by atoms with Crippen molar-refractivity contribution in [2.24, 2.45) is 0 Å². The van der Waals surface area contributed by atoms with E-state index in [0.29, 0.717) is 25.4 Å². The van der Waals surface area contributed by atoms with Gasteiger partial charge in [-0.15, -0.1) is 0 Å². The molecule has 2 saturated heterocycles. The van der Waals surface area contributed by atoms with Crippen molar-refractivity contribution in [3.05, 3.63) is 29.8 Å². The zero-order chi connectivity index (χ0) is 19.9. The Labute approximate surface area is 176 Å². The molecule has 0 spiro atoms. The summed E-state index contributed by atoms with van der Waals surface area (Å²) < 4.78 is 0.850. The van der Waals surface area contributed by atoms with Gasteiger partial charge in [-0.2, -0.15) is 0 Å². The van der Waals surface area contributed by atoms with Gasteiger partial charge in [0.2, 0.25) is 5.91 Å². The number of nitrogens with one attached hydrogen (secondary N) is 2. The third-order valence-corrected chi connectivity index (χ3v) is 6.76. The fraction of sp³-hybridized carbons (Fsp3) is 0.550. The van der Waals surface area contributed by atoms with Crippen LogP contribution >= 0.6 is 24.0 Å². The number of likely N-dealkylation sites (tertiary alicyclic amines) is 1. The predicted molar refractivity (Wildman–Crippen MR) is 118 cm³/mol. The van der Waals surface area contributed by atoms with Crippen LogP contribution in [0.15, 0.2) is 24.3 Å². The number of piperazine rings is 1. The number of carbonyl (C=O) groups is 2. The lowest BCUT2D eigenvalue weighted by molar-refractivity contribution is -0.895. The van der Waals surface area contributed by atoms with E-state index in [9.17, 15) is 9.59 Å². The van der Waals surface area contributed by atoms with Crippen molar-refractivity contribution in [1.82, 2.24) is 9.80 Å².